The number of ether oxygens (including phenoxy) is 2. The smallest absolute Gasteiger partial charge is 0.307 e. The lowest BCUT2D eigenvalue weighted by Gasteiger charge is -2.13. The summed E-state index contributed by atoms with van der Waals surface area (Å²) in [6, 6.07) is 18.9. The zero-order chi connectivity index (χ0) is 17.4. The van der Waals surface area contributed by atoms with Gasteiger partial charge in [0.2, 0.25) is 0 Å². The van der Waals surface area contributed by atoms with E-state index in [0.29, 0.717) is 0 Å². The highest BCUT2D eigenvalue weighted by atomic mass is 127. The fraction of sp³-hybridized carbons (Fsp3) is 0.222. The summed E-state index contributed by atoms with van der Waals surface area (Å²) in [4.78, 5) is 23.7. The Bertz CT molecular complexity index is 602. The van der Waals surface area contributed by atoms with Crippen LogP contribution in [0.1, 0.15) is 32.2 Å². The van der Waals surface area contributed by atoms with Gasteiger partial charge in [0.15, 0.2) is 8.22 Å². The standard InChI is InChI=1S/C18H16I2O4/c19-17(13-7-3-1-4-8-13)23-15(21)11-12-16(22)24-18(20)14-9-5-2-6-10-14/h1-10,17-18H,11-12H2. The summed E-state index contributed by atoms with van der Waals surface area (Å²) in [6.07, 6.45) is 0.00658. The predicted molar refractivity (Wildman–Crippen MR) is 108 cm³/mol. The Balaban J connectivity index is 1.74. The van der Waals surface area contributed by atoms with Crippen LogP contribution < -0.4 is 0 Å². The van der Waals surface area contributed by atoms with Gasteiger partial charge < -0.3 is 9.47 Å². The van der Waals surface area contributed by atoms with Crippen molar-refractivity contribution in [3.05, 3.63) is 71.8 Å². The number of benzene rings is 2. The molecule has 0 aliphatic heterocycles. The molecule has 0 spiro atoms. The molecule has 0 N–H and O–H groups in total. The first kappa shape index (κ1) is 19.2. The molecule has 6 heteroatoms. The van der Waals surface area contributed by atoms with Crippen molar-refractivity contribution in [3.63, 3.8) is 0 Å². The molecule has 4 nitrogen and oxygen atoms in total. The zero-order valence-corrected chi connectivity index (χ0v) is 17.0. The number of esters is 2. The second-order valence-electron chi connectivity index (χ2n) is 4.93. The molecule has 0 radical (unpaired) electrons. The number of hydrogen-bond donors (Lipinski definition) is 0. The first-order valence-corrected chi connectivity index (χ1v) is 9.82. The van der Waals surface area contributed by atoms with Crippen LogP contribution in [0.2, 0.25) is 0 Å². The Kier molecular flexibility index (Phi) is 7.97. The van der Waals surface area contributed by atoms with E-state index in [4.69, 9.17) is 9.47 Å². The van der Waals surface area contributed by atoms with E-state index in [2.05, 4.69) is 0 Å². The summed E-state index contributed by atoms with van der Waals surface area (Å²) in [7, 11) is 0. The monoisotopic (exact) mass is 550 g/mol. The molecule has 2 atom stereocenters. The third kappa shape index (κ3) is 6.39. The van der Waals surface area contributed by atoms with Gasteiger partial charge in [-0.15, -0.1) is 0 Å². The van der Waals surface area contributed by atoms with Crippen LogP contribution in [0, 0.1) is 0 Å². The summed E-state index contributed by atoms with van der Waals surface area (Å²) < 4.78 is 9.90. The van der Waals surface area contributed by atoms with Crippen molar-refractivity contribution in [1.82, 2.24) is 0 Å². The zero-order valence-electron chi connectivity index (χ0n) is 12.7. The van der Waals surface area contributed by atoms with Crippen LogP contribution in [0.25, 0.3) is 0 Å². The highest BCUT2D eigenvalue weighted by Gasteiger charge is 2.17. The van der Waals surface area contributed by atoms with Crippen molar-refractivity contribution < 1.29 is 19.1 Å². The topological polar surface area (TPSA) is 52.6 Å². The highest BCUT2D eigenvalue weighted by Crippen LogP contribution is 2.26. The Labute approximate surface area is 168 Å². The largest absolute Gasteiger partial charge is 0.447 e. The van der Waals surface area contributed by atoms with Crippen molar-refractivity contribution in [3.8, 4) is 0 Å². The fourth-order valence-electron chi connectivity index (χ4n) is 1.90. The number of hydrogen-bond acceptors (Lipinski definition) is 4. The van der Waals surface area contributed by atoms with Gasteiger partial charge in [-0.3, -0.25) is 9.59 Å². The molecule has 2 unspecified atom stereocenters. The minimum atomic E-state index is -0.417. The summed E-state index contributed by atoms with van der Waals surface area (Å²) in [6.45, 7) is 0. The van der Waals surface area contributed by atoms with Gasteiger partial charge in [-0.05, 0) is 45.2 Å². The molecule has 0 saturated carbocycles. The lowest BCUT2D eigenvalue weighted by Crippen LogP contribution is -2.12. The lowest BCUT2D eigenvalue weighted by molar-refractivity contribution is -0.151. The molecule has 0 aliphatic carbocycles. The van der Waals surface area contributed by atoms with E-state index in [9.17, 15) is 9.59 Å². The summed E-state index contributed by atoms with van der Waals surface area (Å²) in [5, 5.41) is 0. The van der Waals surface area contributed by atoms with Crippen LogP contribution in [0.5, 0.6) is 0 Å². The average Bonchev–Trinajstić information content (AvgIpc) is 2.61. The van der Waals surface area contributed by atoms with E-state index in [1.54, 1.807) is 0 Å². The molecule has 0 aliphatic rings. The summed E-state index contributed by atoms with van der Waals surface area (Å²) >= 11 is 4.09. The summed E-state index contributed by atoms with van der Waals surface area (Å²) in [5.41, 5.74) is 1.82. The van der Waals surface area contributed by atoms with Gasteiger partial charge in [-0.25, -0.2) is 0 Å². The predicted octanol–water partition coefficient (Wildman–Crippen LogP) is 5.12. The molecule has 0 aromatic heterocycles. The minimum absolute atomic E-state index is 0.00329. The van der Waals surface area contributed by atoms with Gasteiger partial charge in [0.25, 0.3) is 0 Å². The first-order valence-electron chi connectivity index (χ1n) is 7.33. The Hall–Kier alpha value is -1.16. The van der Waals surface area contributed by atoms with Crippen molar-refractivity contribution in [1.29, 1.82) is 0 Å². The first-order chi connectivity index (χ1) is 11.6. The van der Waals surface area contributed by atoms with Gasteiger partial charge in [0.1, 0.15) is 0 Å². The van der Waals surface area contributed by atoms with Gasteiger partial charge in [-0.1, -0.05) is 60.7 Å². The quantitative estimate of drug-likeness (QED) is 0.273. The highest BCUT2D eigenvalue weighted by molar-refractivity contribution is 14.1. The molecule has 0 bridgehead atoms. The molecule has 2 rings (SSSR count). The van der Waals surface area contributed by atoms with Crippen LogP contribution >= 0.6 is 45.2 Å². The van der Waals surface area contributed by atoms with Crippen molar-refractivity contribution in [2.75, 3.05) is 0 Å². The molecule has 126 valence electrons. The van der Waals surface area contributed by atoms with Gasteiger partial charge in [-0.2, -0.15) is 0 Å². The minimum Gasteiger partial charge on any atom is -0.447 e. The van der Waals surface area contributed by atoms with E-state index in [0.717, 1.165) is 11.1 Å². The van der Waals surface area contributed by atoms with E-state index in [-0.39, 0.29) is 21.1 Å². The van der Waals surface area contributed by atoms with Crippen LogP contribution in [-0.2, 0) is 19.1 Å². The third-order valence-electron chi connectivity index (χ3n) is 3.13. The Morgan fingerprint density at radius 2 is 1.04 bits per heavy atom. The van der Waals surface area contributed by atoms with E-state index in [1.165, 1.54) is 0 Å². The Morgan fingerprint density at radius 1 is 0.708 bits per heavy atom. The molecule has 24 heavy (non-hydrogen) atoms. The fourth-order valence-corrected chi connectivity index (χ4v) is 3.30. The number of alkyl halides is 2. The van der Waals surface area contributed by atoms with E-state index < -0.39 is 11.9 Å². The SMILES string of the molecule is O=C(CCC(=O)OC(I)c1ccccc1)OC(I)c1ccccc1. The number of rotatable bonds is 7. The lowest BCUT2D eigenvalue weighted by atomic mass is 10.2. The molecule has 0 fully saturated rings. The third-order valence-corrected chi connectivity index (χ3v) is 5.07. The van der Waals surface area contributed by atoms with Crippen LogP contribution in [0.3, 0.4) is 0 Å². The number of halogens is 2. The number of carbonyl (C=O) groups excluding carboxylic acids is 2. The van der Waals surface area contributed by atoms with Crippen molar-refractivity contribution >= 4 is 57.1 Å². The molecular formula is C18H16I2O4. The Morgan fingerprint density at radius 3 is 1.38 bits per heavy atom. The normalized spacial score (nSPS) is 12.9. The van der Waals surface area contributed by atoms with Crippen LogP contribution in [0.15, 0.2) is 60.7 Å². The van der Waals surface area contributed by atoms with Crippen molar-refractivity contribution in [2.24, 2.45) is 0 Å². The molecule has 0 amide bonds. The van der Waals surface area contributed by atoms with E-state index in [1.807, 2.05) is 106 Å². The van der Waals surface area contributed by atoms with Gasteiger partial charge >= 0.3 is 11.9 Å². The second kappa shape index (κ2) is 9.97. The van der Waals surface area contributed by atoms with Gasteiger partial charge in [0.05, 0.1) is 12.8 Å². The van der Waals surface area contributed by atoms with Crippen LogP contribution in [-0.4, -0.2) is 11.9 Å². The van der Waals surface area contributed by atoms with E-state index >= 15 is 0 Å². The molecule has 2 aromatic carbocycles. The maximum Gasteiger partial charge on any atom is 0.307 e. The maximum absolute atomic E-state index is 11.9. The molecule has 0 heterocycles. The second-order valence-corrected chi connectivity index (χ2v) is 7.20. The van der Waals surface area contributed by atoms with Crippen LogP contribution in [0.4, 0.5) is 0 Å². The molecular weight excluding hydrogens is 534 g/mol. The van der Waals surface area contributed by atoms with Gasteiger partial charge in [0, 0.05) is 11.1 Å². The molecule has 2 aromatic rings. The summed E-state index contributed by atoms with van der Waals surface area (Å²) in [5.74, 6) is -0.833. The van der Waals surface area contributed by atoms with Crippen molar-refractivity contribution in [2.45, 2.75) is 21.1 Å². The average molecular weight is 550 g/mol. The maximum atomic E-state index is 11.9. The molecule has 0 saturated heterocycles. The number of carbonyl (C=O) groups is 2.